The number of anilines is 2. The number of hydrazine groups is 1. The predicted octanol–water partition coefficient (Wildman–Crippen LogP) is 0.816. The second-order valence-corrected chi connectivity index (χ2v) is 4.14. The molecule has 1 aromatic rings. The molecule has 0 spiro atoms. The highest BCUT2D eigenvalue weighted by molar-refractivity contribution is 5.63. The van der Waals surface area contributed by atoms with Crippen molar-refractivity contribution < 1.29 is 10.0 Å². The second-order valence-electron chi connectivity index (χ2n) is 4.14. The topological polar surface area (TPSA) is 113 Å². The molecule has 0 saturated heterocycles. The van der Waals surface area contributed by atoms with Gasteiger partial charge in [-0.15, -0.1) is 0 Å². The fourth-order valence-electron chi connectivity index (χ4n) is 1.82. The number of non-ortho nitro benzene ring substituents is 1. The lowest BCUT2D eigenvalue weighted by molar-refractivity contribution is -0.384. The third-order valence-electron chi connectivity index (χ3n) is 2.78. The van der Waals surface area contributed by atoms with E-state index in [9.17, 15) is 10.1 Å². The Balaban J connectivity index is 2.15. The molecule has 0 radical (unpaired) electrons. The number of nitrogens with two attached hydrogens (primary N) is 1. The van der Waals surface area contributed by atoms with Crippen LogP contribution >= 0.6 is 0 Å². The van der Waals surface area contributed by atoms with Crippen LogP contribution in [0.3, 0.4) is 0 Å². The molecule has 5 N–H and O–H groups in total. The second kappa shape index (κ2) is 4.56. The number of aliphatic hydroxyl groups excluding tert-OH is 1. The van der Waals surface area contributed by atoms with Gasteiger partial charge in [0, 0.05) is 23.9 Å². The molecule has 92 valence electrons. The van der Waals surface area contributed by atoms with Gasteiger partial charge >= 0.3 is 0 Å². The predicted molar refractivity (Wildman–Crippen MR) is 63.6 cm³/mol. The van der Waals surface area contributed by atoms with E-state index in [1.165, 1.54) is 12.1 Å². The summed E-state index contributed by atoms with van der Waals surface area (Å²) in [6.45, 7) is 0. The van der Waals surface area contributed by atoms with Gasteiger partial charge in [0.2, 0.25) is 0 Å². The molecule has 0 atom stereocenters. The molecule has 0 unspecified atom stereocenters. The summed E-state index contributed by atoms with van der Waals surface area (Å²) in [7, 11) is 0. The van der Waals surface area contributed by atoms with Crippen molar-refractivity contribution in [1.29, 1.82) is 0 Å². The van der Waals surface area contributed by atoms with Crippen molar-refractivity contribution in [2.45, 2.75) is 25.0 Å². The maximum Gasteiger partial charge on any atom is 0.273 e. The molecular formula is C10H14N4O3. The van der Waals surface area contributed by atoms with E-state index in [0.29, 0.717) is 24.2 Å². The molecule has 1 fully saturated rings. The number of aliphatic hydroxyl groups is 1. The first kappa shape index (κ1) is 11.6. The van der Waals surface area contributed by atoms with Crippen LogP contribution in [-0.4, -0.2) is 22.2 Å². The number of rotatable bonds is 4. The number of nitrogens with one attached hydrogen (secondary N) is 2. The molecule has 0 aliphatic heterocycles. The van der Waals surface area contributed by atoms with Gasteiger partial charge < -0.3 is 15.8 Å². The van der Waals surface area contributed by atoms with Crippen molar-refractivity contribution in [2.75, 3.05) is 10.7 Å². The van der Waals surface area contributed by atoms with E-state index in [0.717, 1.165) is 0 Å². The first-order valence-electron chi connectivity index (χ1n) is 5.29. The van der Waals surface area contributed by atoms with Crippen LogP contribution in [0.25, 0.3) is 0 Å². The van der Waals surface area contributed by atoms with Crippen LogP contribution in [0.15, 0.2) is 18.2 Å². The first-order valence-corrected chi connectivity index (χ1v) is 5.29. The monoisotopic (exact) mass is 238 g/mol. The van der Waals surface area contributed by atoms with E-state index in [2.05, 4.69) is 10.7 Å². The van der Waals surface area contributed by atoms with Crippen molar-refractivity contribution in [3.63, 3.8) is 0 Å². The van der Waals surface area contributed by atoms with Crippen molar-refractivity contribution in [1.82, 2.24) is 0 Å². The number of hydrogen-bond acceptors (Lipinski definition) is 6. The molecule has 17 heavy (non-hydrogen) atoms. The maximum absolute atomic E-state index is 10.7. The van der Waals surface area contributed by atoms with E-state index < -0.39 is 4.92 Å². The number of nitro benzene ring substituents is 1. The lowest BCUT2D eigenvalue weighted by atomic mass is 9.89. The van der Waals surface area contributed by atoms with Gasteiger partial charge in [0.25, 0.3) is 5.69 Å². The van der Waals surface area contributed by atoms with Crippen LogP contribution in [-0.2, 0) is 0 Å². The number of nitrogens with zero attached hydrogens (tertiary/aromatic N) is 1. The highest BCUT2D eigenvalue weighted by Crippen LogP contribution is 2.28. The molecule has 0 amide bonds. The molecule has 0 heterocycles. The summed E-state index contributed by atoms with van der Waals surface area (Å²) in [5.74, 6) is 5.25. The van der Waals surface area contributed by atoms with E-state index >= 15 is 0 Å². The number of hydrogen-bond donors (Lipinski definition) is 4. The minimum Gasteiger partial charge on any atom is -0.393 e. The Morgan fingerprint density at radius 2 is 2.00 bits per heavy atom. The minimum atomic E-state index is -0.471. The number of nitro groups is 1. The lowest BCUT2D eigenvalue weighted by Crippen LogP contribution is -2.38. The van der Waals surface area contributed by atoms with E-state index in [1.54, 1.807) is 6.07 Å². The third-order valence-corrected chi connectivity index (χ3v) is 2.78. The van der Waals surface area contributed by atoms with Crippen LogP contribution in [0, 0.1) is 10.1 Å². The quantitative estimate of drug-likeness (QED) is 0.351. The number of nitrogen functional groups attached to an aromatic ring is 1. The van der Waals surface area contributed by atoms with Gasteiger partial charge in [-0.2, -0.15) is 0 Å². The van der Waals surface area contributed by atoms with Crippen LogP contribution in [0.1, 0.15) is 12.8 Å². The molecule has 0 bridgehead atoms. The average molecular weight is 238 g/mol. The fourth-order valence-corrected chi connectivity index (χ4v) is 1.82. The summed E-state index contributed by atoms with van der Waals surface area (Å²) in [6.07, 6.45) is 1.06. The van der Waals surface area contributed by atoms with Crippen LogP contribution in [0.4, 0.5) is 17.1 Å². The SMILES string of the molecule is NNc1cc(NC2CC(O)C2)cc([N+](=O)[O-])c1. The minimum absolute atomic E-state index is 0.0252. The highest BCUT2D eigenvalue weighted by Gasteiger charge is 2.27. The highest BCUT2D eigenvalue weighted by atomic mass is 16.6. The van der Waals surface area contributed by atoms with Gasteiger partial charge in [0.05, 0.1) is 16.7 Å². The van der Waals surface area contributed by atoms with Gasteiger partial charge in [-0.1, -0.05) is 0 Å². The van der Waals surface area contributed by atoms with Crippen molar-refractivity contribution in [2.24, 2.45) is 5.84 Å². The Labute approximate surface area is 97.7 Å². The van der Waals surface area contributed by atoms with Crippen molar-refractivity contribution in [3.8, 4) is 0 Å². The lowest BCUT2D eigenvalue weighted by Gasteiger charge is -2.32. The zero-order valence-electron chi connectivity index (χ0n) is 9.09. The zero-order valence-corrected chi connectivity index (χ0v) is 9.09. The van der Waals surface area contributed by atoms with Gasteiger partial charge in [-0.05, 0) is 18.9 Å². The molecular weight excluding hydrogens is 224 g/mol. The Kier molecular flexibility index (Phi) is 3.12. The molecule has 7 nitrogen and oxygen atoms in total. The van der Waals surface area contributed by atoms with Crippen LogP contribution in [0.5, 0.6) is 0 Å². The van der Waals surface area contributed by atoms with Gasteiger partial charge in [-0.3, -0.25) is 16.0 Å². The van der Waals surface area contributed by atoms with E-state index in [1.807, 2.05) is 0 Å². The summed E-state index contributed by atoms with van der Waals surface area (Å²) in [5, 5.41) is 23.0. The molecule has 7 heteroatoms. The first-order chi connectivity index (χ1) is 8.08. The third kappa shape index (κ3) is 2.63. The van der Waals surface area contributed by atoms with Gasteiger partial charge in [0.1, 0.15) is 0 Å². The maximum atomic E-state index is 10.7. The molecule has 1 aliphatic carbocycles. The summed E-state index contributed by atoms with van der Waals surface area (Å²) >= 11 is 0. The van der Waals surface area contributed by atoms with Crippen molar-refractivity contribution >= 4 is 17.1 Å². The summed E-state index contributed by atoms with van der Waals surface area (Å²) < 4.78 is 0. The molecule has 2 rings (SSSR count). The Hall–Kier alpha value is -1.86. The van der Waals surface area contributed by atoms with E-state index in [4.69, 9.17) is 10.9 Å². The smallest absolute Gasteiger partial charge is 0.273 e. The summed E-state index contributed by atoms with van der Waals surface area (Å²) in [6, 6.07) is 4.67. The summed E-state index contributed by atoms with van der Waals surface area (Å²) in [4.78, 5) is 10.2. The molecule has 1 aliphatic rings. The number of benzene rings is 1. The Morgan fingerprint density at radius 3 is 2.53 bits per heavy atom. The molecule has 1 saturated carbocycles. The summed E-state index contributed by atoms with van der Waals surface area (Å²) in [5.41, 5.74) is 3.46. The van der Waals surface area contributed by atoms with Gasteiger partial charge in [0.15, 0.2) is 0 Å². The van der Waals surface area contributed by atoms with Gasteiger partial charge in [-0.25, -0.2) is 0 Å². The van der Waals surface area contributed by atoms with Crippen LogP contribution < -0.4 is 16.6 Å². The molecule has 0 aromatic heterocycles. The fraction of sp³-hybridized carbons (Fsp3) is 0.400. The van der Waals surface area contributed by atoms with E-state index in [-0.39, 0.29) is 17.8 Å². The zero-order chi connectivity index (χ0) is 12.4. The van der Waals surface area contributed by atoms with Crippen LogP contribution in [0.2, 0.25) is 0 Å². The molecule has 1 aromatic carbocycles. The normalized spacial score (nSPS) is 22.7. The standard InChI is InChI=1S/C10H14N4O3/c11-13-8-1-6(2-9(3-8)14(16)17)12-7-4-10(15)5-7/h1-3,7,10,12-13,15H,4-5,11H2. The average Bonchev–Trinajstić information content (AvgIpc) is 2.26. The largest absolute Gasteiger partial charge is 0.393 e. The Bertz CT molecular complexity index is 432. The Morgan fingerprint density at radius 1 is 1.35 bits per heavy atom. The van der Waals surface area contributed by atoms with Crippen molar-refractivity contribution in [3.05, 3.63) is 28.3 Å².